The van der Waals surface area contributed by atoms with Crippen LogP contribution in [0, 0.1) is 11.8 Å². The molecule has 7 rings (SSSR count). The zero-order valence-corrected chi connectivity index (χ0v) is 19.3. The average Bonchev–Trinajstić information content (AvgIpc) is 3.41. The van der Waals surface area contributed by atoms with E-state index >= 15 is 0 Å². The molecule has 2 amide bonds. The van der Waals surface area contributed by atoms with Crippen LogP contribution in [0.1, 0.15) is 15.9 Å². The van der Waals surface area contributed by atoms with Crippen molar-refractivity contribution in [2.24, 2.45) is 11.8 Å². The van der Waals surface area contributed by atoms with Gasteiger partial charge in [0.05, 0.1) is 23.6 Å². The van der Waals surface area contributed by atoms with Crippen molar-refractivity contribution in [1.82, 2.24) is 0 Å². The third kappa shape index (κ3) is 2.80. The van der Waals surface area contributed by atoms with Gasteiger partial charge >= 0.3 is 0 Å². The highest BCUT2D eigenvalue weighted by Gasteiger charge is 2.64. The first kappa shape index (κ1) is 20.8. The molecule has 5 nitrogen and oxygen atoms in total. The highest BCUT2D eigenvalue weighted by molar-refractivity contribution is 6.25. The summed E-state index contributed by atoms with van der Waals surface area (Å²) in [7, 11) is 0. The van der Waals surface area contributed by atoms with Gasteiger partial charge in [0.25, 0.3) is 0 Å². The van der Waals surface area contributed by atoms with Gasteiger partial charge in [0.1, 0.15) is 6.04 Å². The molecular formula is C31H22N2O3. The molecule has 2 saturated heterocycles. The molecule has 3 aliphatic heterocycles. The number of para-hydroxylation sites is 1. The fraction of sp³-hybridized carbons (Fsp3) is 0.129. The molecule has 0 aromatic heterocycles. The van der Waals surface area contributed by atoms with E-state index < -0.39 is 17.9 Å². The van der Waals surface area contributed by atoms with E-state index in [4.69, 9.17) is 0 Å². The maximum atomic E-state index is 14.1. The van der Waals surface area contributed by atoms with E-state index in [1.54, 1.807) is 24.3 Å². The van der Waals surface area contributed by atoms with Crippen LogP contribution in [-0.4, -0.2) is 29.7 Å². The molecular weight excluding hydrogens is 448 g/mol. The zero-order valence-electron chi connectivity index (χ0n) is 19.3. The van der Waals surface area contributed by atoms with Gasteiger partial charge in [-0.1, -0.05) is 91.0 Å². The Hall–Kier alpha value is -4.51. The van der Waals surface area contributed by atoms with E-state index in [0.717, 1.165) is 22.0 Å². The zero-order chi connectivity index (χ0) is 24.4. The van der Waals surface area contributed by atoms with E-state index in [9.17, 15) is 14.4 Å². The van der Waals surface area contributed by atoms with Gasteiger partial charge < -0.3 is 4.90 Å². The van der Waals surface area contributed by atoms with Crippen molar-refractivity contribution in [3.8, 4) is 0 Å². The predicted molar refractivity (Wildman–Crippen MR) is 140 cm³/mol. The smallest absolute Gasteiger partial charge is 0.240 e. The van der Waals surface area contributed by atoms with Crippen molar-refractivity contribution in [3.05, 3.63) is 114 Å². The summed E-state index contributed by atoms with van der Waals surface area (Å²) < 4.78 is 0. The molecule has 3 aliphatic rings. The van der Waals surface area contributed by atoms with Gasteiger partial charge in [-0.25, -0.2) is 4.90 Å². The summed E-state index contributed by atoms with van der Waals surface area (Å²) in [6.45, 7) is 0. The van der Waals surface area contributed by atoms with E-state index in [0.29, 0.717) is 11.3 Å². The number of imide groups is 1. The van der Waals surface area contributed by atoms with Crippen molar-refractivity contribution in [3.63, 3.8) is 0 Å². The fourth-order valence-electron chi connectivity index (χ4n) is 6.23. The number of Topliss-reactive ketones (excluding diaryl/α,β-unsaturated/α-hetero) is 1. The Balaban J connectivity index is 1.42. The van der Waals surface area contributed by atoms with Gasteiger partial charge in [-0.05, 0) is 29.0 Å². The Morgan fingerprint density at radius 2 is 1.36 bits per heavy atom. The maximum Gasteiger partial charge on any atom is 0.240 e. The van der Waals surface area contributed by atoms with E-state index in [1.165, 1.54) is 4.90 Å². The number of rotatable bonds is 3. The summed E-state index contributed by atoms with van der Waals surface area (Å²) in [5, 5.41) is 2.18. The third-order valence-corrected chi connectivity index (χ3v) is 7.75. The molecule has 4 aromatic rings. The lowest BCUT2D eigenvalue weighted by atomic mass is 9.86. The largest absolute Gasteiger partial charge is 0.352 e. The molecule has 3 heterocycles. The molecule has 36 heavy (non-hydrogen) atoms. The fourth-order valence-corrected chi connectivity index (χ4v) is 6.23. The molecule has 0 unspecified atom stereocenters. The van der Waals surface area contributed by atoms with Crippen LogP contribution < -0.4 is 9.80 Å². The Morgan fingerprint density at radius 3 is 2.14 bits per heavy atom. The van der Waals surface area contributed by atoms with Crippen LogP contribution in [0.5, 0.6) is 0 Å². The standard InChI is InChI=1S/C31H22N2O3/c34-29(20-10-3-1-4-11-20)28-27-26(30(35)32(31(27)36)21-12-5-2-6-13-21)25-18-16-23-22-14-8-7-9-19(22)15-17-24(23)33(25)28/h1-18,25-28H/t25-,26+,27+,28-/m0/s1. The van der Waals surface area contributed by atoms with Gasteiger partial charge in [-0.15, -0.1) is 0 Å². The monoisotopic (exact) mass is 470 g/mol. The molecule has 2 fully saturated rings. The Morgan fingerprint density at radius 1 is 0.694 bits per heavy atom. The summed E-state index contributed by atoms with van der Waals surface area (Å²) >= 11 is 0. The van der Waals surface area contributed by atoms with Crippen LogP contribution in [0.25, 0.3) is 16.8 Å². The van der Waals surface area contributed by atoms with Gasteiger partial charge in [0, 0.05) is 16.8 Å². The second kappa shape index (κ2) is 7.75. The lowest BCUT2D eigenvalue weighted by Gasteiger charge is -2.37. The Kier molecular flexibility index (Phi) is 4.48. The topological polar surface area (TPSA) is 57.7 Å². The van der Waals surface area contributed by atoms with Crippen molar-refractivity contribution < 1.29 is 14.4 Å². The van der Waals surface area contributed by atoms with E-state index in [1.807, 2.05) is 77.7 Å². The number of anilines is 2. The number of benzene rings is 4. The molecule has 0 bridgehead atoms. The van der Waals surface area contributed by atoms with Gasteiger partial charge in [-0.2, -0.15) is 0 Å². The molecule has 0 radical (unpaired) electrons. The molecule has 0 spiro atoms. The van der Waals surface area contributed by atoms with Crippen LogP contribution in [-0.2, 0) is 9.59 Å². The number of hydrogen-bond donors (Lipinski definition) is 0. The first-order valence-electron chi connectivity index (χ1n) is 12.2. The number of ketones is 1. The lowest BCUT2D eigenvalue weighted by molar-refractivity contribution is -0.122. The first-order chi connectivity index (χ1) is 17.6. The number of hydrogen-bond acceptors (Lipinski definition) is 4. The van der Waals surface area contributed by atoms with Gasteiger partial charge in [-0.3, -0.25) is 14.4 Å². The molecule has 4 aromatic carbocycles. The van der Waals surface area contributed by atoms with Crippen LogP contribution in [0.2, 0.25) is 0 Å². The average molecular weight is 471 g/mol. The van der Waals surface area contributed by atoms with E-state index in [2.05, 4.69) is 12.1 Å². The number of carbonyl (C=O) groups is 3. The van der Waals surface area contributed by atoms with Gasteiger partial charge in [0.2, 0.25) is 11.8 Å². The quantitative estimate of drug-likeness (QED) is 0.308. The minimum atomic E-state index is -0.780. The Labute approximate surface area is 208 Å². The summed E-state index contributed by atoms with van der Waals surface area (Å²) in [6, 6.07) is 29.1. The maximum absolute atomic E-state index is 14.1. The van der Waals surface area contributed by atoms with Crippen LogP contribution >= 0.6 is 0 Å². The SMILES string of the molecule is O=C(c1ccccc1)[C@@H]1[C@@H]2C(=O)N(c3ccccc3)C(=O)[C@@H]2[C@@H]2C=Cc3c(ccc4ccccc34)N12. The second-order valence-electron chi connectivity index (χ2n) is 9.55. The molecule has 0 saturated carbocycles. The summed E-state index contributed by atoms with van der Waals surface area (Å²) in [6.07, 6.45) is 4.05. The normalized spacial score (nSPS) is 24.1. The number of amides is 2. The van der Waals surface area contributed by atoms with Crippen molar-refractivity contribution in [2.75, 3.05) is 9.80 Å². The molecule has 0 aliphatic carbocycles. The molecule has 174 valence electrons. The second-order valence-corrected chi connectivity index (χ2v) is 9.55. The summed E-state index contributed by atoms with van der Waals surface area (Å²) in [4.78, 5) is 45.1. The van der Waals surface area contributed by atoms with Crippen LogP contribution in [0.3, 0.4) is 0 Å². The van der Waals surface area contributed by atoms with Crippen molar-refractivity contribution in [2.45, 2.75) is 12.1 Å². The Bertz CT molecular complexity index is 1580. The predicted octanol–water partition coefficient (Wildman–Crippen LogP) is 5.11. The third-order valence-electron chi connectivity index (χ3n) is 7.75. The minimum absolute atomic E-state index is 0.140. The summed E-state index contributed by atoms with van der Waals surface area (Å²) in [5.41, 5.74) is 2.98. The summed E-state index contributed by atoms with van der Waals surface area (Å²) in [5.74, 6) is -2.10. The molecule has 0 N–H and O–H groups in total. The number of carbonyl (C=O) groups excluding carboxylic acids is 3. The first-order valence-corrected chi connectivity index (χ1v) is 12.2. The van der Waals surface area contributed by atoms with Crippen molar-refractivity contribution >= 4 is 45.8 Å². The van der Waals surface area contributed by atoms with Crippen molar-refractivity contribution in [1.29, 1.82) is 0 Å². The molecule has 5 heteroatoms. The van der Waals surface area contributed by atoms with Crippen LogP contribution in [0.4, 0.5) is 11.4 Å². The minimum Gasteiger partial charge on any atom is -0.352 e. The number of nitrogens with zero attached hydrogens (tertiary/aromatic N) is 2. The highest BCUT2D eigenvalue weighted by atomic mass is 16.2. The number of fused-ring (bicyclic) bond motifs is 7. The lowest BCUT2D eigenvalue weighted by Crippen LogP contribution is -2.48. The molecule has 4 atom stereocenters. The van der Waals surface area contributed by atoms with E-state index in [-0.39, 0.29) is 23.6 Å². The highest BCUT2D eigenvalue weighted by Crippen LogP contribution is 2.50. The van der Waals surface area contributed by atoms with Crippen LogP contribution in [0.15, 0.2) is 103 Å². The van der Waals surface area contributed by atoms with Gasteiger partial charge in [0.15, 0.2) is 5.78 Å².